The first kappa shape index (κ1) is 16.6. The minimum atomic E-state index is -0.998. The van der Waals surface area contributed by atoms with Gasteiger partial charge < -0.3 is 19.7 Å². The number of methoxy groups -OCH3 is 1. The fourth-order valence-electron chi connectivity index (χ4n) is 2.33. The van der Waals surface area contributed by atoms with Crippen molar-refractivity contribution in [2.24, 2.45) is 7.05 Å². The summed E-state index contributed by atoms with van der Waals surface area (Å²) in [4.78, 5) is 23.1. The second-order valence-electron chi connectivity index (χ2n) is 5.26. The van der Waals surface area contributed by atoms with Crippen molar-refractivity contribution in [1.82, 2.24) is 9.88 Å². The van der Waals surface area contributed by atoms with E-state index >= 15 is 0 Å². The third-order valence-corrected chi connectivity index (χ3v) is 3.82. The number of aryl methyl sites for hydroxylation is 1. The number of rotatable bonds is 6. The fraction of sp³-hybridized carbons (Fsp3) is 0.294. The summed E-state index contributed by atoms with van der Waals surface area (Å²) in [5.41, 5.74) is 2.64. The fourth-order valence-corrected chi connectivity index (χ4v) is 2.33. The molecule has 1 aromatic carbocycles. The predicted molar refractivity (Wildman–Crippen MR) is 86.1 cm³/mol. The van der Waals surface area contributed by atoms with E-state index in [0.717, 1.165) is 11.3 Å². The molecule has 0 saturated carbocycles. The summed E-state index contributed by atoms with van der Waals surface area (Å²) in [5.74, 6) is -0.627. The molecule has 6 nitrogen and oxygen atoms in total. The van der Waals surface area contributed by atoms with Crippen molar-refractivity contribution in [2.45, 2.75) is 13.3 Å². The number of nitrogens with zero attached hydrogens (tertiary/aromatic N) is 1. The van der Waals surface area contributed by atoms with Crippen molar-refractivity contribution in [3.8, 4) is 5.75 Å². The van der Waals surface area contributed by atoms with Crippen LogP contribution in [0, 0.1) is 6.92 Å². The van der Waals surface area contributed by atoms with E-state index in [1.54, 1.807) is 12.1 Å². The van der Waals surface area contributed by atoms with Crippen molar-refractivity contribution in [3.05, 3.63) is 52.8 Å². The third-order valence-electron chi connectivity index (χ3n) is 3.82. The predicted octanol–water partition coefficient (Wildman–Crippen LogP) is 2.01. The lowest BCUT2D eigenvalue weighted by molar-refractivity contribution is 0.0696. The van der Waals surface area contributed by atoms with Crippen LogP contribution in [0.3, 0.4) is 0 Å². The smallest absolute Gasteiger partial charge is 0.335 e. The van der Waals surface area contributed by atoms with Crippen LogP contribution in [0.25, 0.3) is 0 Å². The van der Waals surface area contributed by atoms with E-state index < -0.39 is 5.97 Å². The second kappa shape index (κ2) is 7.00. The molecule has 2 N–H and O–H groups in total. The zero-order valence-corrected chi connectivity index (χ0v) is 13.4. The van der Waals surface area contributed by atoms with Gasteiger partial charge in [0, 0.05) is 19.3 Å². The molecule has 6 heteroatoms. The van der Waals surface area contributed by atoms with Gasteiger partial charge in [0.15, 0.2) is 0 Å². The Morgan fingerprint density at radius 1 is 1.26 bits per heavy atom. The number of ether oxygens (including phenoxy) is 1. The second-order valence-corrected chi connectivity index (χ2v) is 5.26. The van der Waals surface area contributed by atoms with Crippen molar-refractivity contribution in [1.29, 1.82) is 0 Å². The molecule has 2 aromatic rings. The lowest BCUT2D eigenvalue weighted by Crippen LogP contribution is -2.27. The standard InChI is InChI=1S/C17H20N2O4/c1-11-4-7-14(19(11)2)16(20)18-9-8-12-5-6-13(17(21)22)10-15(12)23-3/h4-7,10H,8-9H2,1-3H3,(H,18,20)(H,21,22). The maximum atomic E-state index is 12.1. The molecule has 1 amide bonds. The highest BCUT2D eigenvalue weighted by molar-refractivity contribution is 5.92. The van der Waals surface area contributed by atoms with E-state index in [0.29, 0.717) is 24.4 Å². The highest BCUT2D eigenvalue weighted by Gasteiger charge is 2.12. The van der Waals surface area contributed by atoms with E-state index in [2.05, 4.69) is 5.32 Å². The Kier molecular flexibility index (Phi) is 5.05. The normalized spacial score (nSPS) is 10.4. The van der Waals surface area contributed by atoms with Crippen molar-refractivity contribution < 1.29 is 19.4 Å². The van der Waals surface area contributed by atoms with Crippen LogP contribution < -0.4 is 10.1 Å². The van der Waals surface area contributed by atoms with Gasteiger partial charge in [-0.2, -0.15) is 0 Å². The van der Waals surface area contributed by atoms with Crippen LogP contribution in [0.15, 0.2) is 30.3 Å². The van der Waals surface area contributed by atoms with Crippen molar-refractivity contribution >= 4 is 11.9 Å². The maximum Gasteiger partial charge on any atom is 0.335 e. The lowest BCUT2D eigenvalue weighted by Gasteiger charge is -2.11. The Balaban J connectivity index is 2.00. The quantitative estimate of drug-likeness (QED) is 0.854. The number of amides is 1. The Morgan fingerprint density at radius 3 is 2.57 bits per heavy atom. The molecule has 0 unspecified atom stereocenters. The average molecular weight is 316 g/mol. The molecule has 1 heterocycles. The molecule has 23 heavy (non-hydrogen) atoms. The summed E-state index contributed by atoms with van der Waals surface area (Å²) < 4.78 is 7.05. The van der Waals surface area contributed by atoms with Gasteiger partial charge in [-0.15, -0.1) is 0 Å². The van der Waals surface area contributed by atoms with E-state index in [4.69, 9.17) is 9.84 Å². The number of carboxylic acid groups (broad SMARTS) is 1. The Bertz CT molecular complexity index is 734. The first-order chi connectivity index (χ1) is 10.9. The highest BCUT2D eigenvalue weighted by atomic mass is 16.5. The molecule has 0 aliphatic heterocycles. The molecule has 0 aliphatic rings. The van der Waals surface area contributed by atoms with Gasteiger partial charge in [-0.3, -0.25) is 4.79 Å². The van der Waals surface area contributed by atoms with Crippen LogP contribution >= 0.6 is 0 Å². The minimum absolute atomic E-state index is 0.137. The van der Waals surface area contributed by atoms with Gasteiger partial charge in [0.2, 0.25) is 0 Å². The highest BCUT2D eigenvalue weighted by Crippen LogP contribution is 2.20. The maximum absolute atomic E-state index is 12.1. The Labute approximate surface area is 134 Å². The van der Waals surface area contributed by atoms with Gasteiger partial charge >= 0.3 is 5.97 Å². The molecule has 0 radical (unpaired) electrons. The first-order valence-electron chi connectivity index (χ1n) is 7.24. The number of carbonyl (C=O) groups excluding carboxylic acids is 1. The number of hydrogen-bond donors (Lipinski definition) is 2. The van der Waals surface area contributed by atoms with Crippen LogP contribution in [0.1, 0.15) is 32.1 Å². The van der Waals surface area contributed by atoms with Gasteiger partial charge in [-0.05, 0) is 43.2 Å². The van der Waals surface area contributed by atoms with Crippen LogP contribution in [-0.2, 0) is 13.5 Å². The summed E-state index contributed by atoms with van der Waals surface area (Å²) >= 11 is 0. The molecule has 1 aromatic heterocycles. The number of nitrogens with one attached hydrogen (secondary N) is 1. The Hall–Kier alpha value is -2.76. The average Bonchev–Trinajstić information content (AvgIpc) is 2.87. The summed E-state index contributed by atoms with van der Waals surface area (Å²) in [6, 6.07) is 8.40. The number of aromatic carboxylic acids is 1. The monoisotopic (exact) mass is 316 g/mol. The topological polar surface area (TPSA) is 80.6 Å². The molecule has 0 bridgehead atoms. The number of aromatic nitrogens is 1. The van der Waals surface area contributed by atoms with Crippen LogP contribution in [0.2, 0.25) is 0 Å². The molecule has 0 atom stereocenters. The zero-order chi connectivity index (χ0) is 17.0. The van der Waals surface area contributed by atoms with E-state index in [1.807, 2.05) is 24.6 Å². The number of hydrogen-bond acceptors (Lipinski definition) is 3. The van der Waals surface area contributed by atoms with Gasteiger partial charge in [0.25, 0.3) is 5.91 Å². The van der Waals surface area contributed by atoms with Crippen LogP contribution in [0.4, 0.5) is 0 Å². The minimum Gasteiger partial charge on any atom is -0.496 e. The largest absolute Gasteiger partial charge is 0.496 e. The van der Waals surface area contributed by atoms with E-state index in [1.165, 1.54) is 19.2 Å². The van der Waals surface area contributed by atoms with Gasteiger partial charge in [0.05, 0.1) is 12.7 Å². The molecular weight excluding hydrogens is 296 g/mol. The summed E-state index contributed by atoms with van der Waals surface area (Å²) in [6.07, 6.45) is 0.554. The Morgan fingerprint density at radius 2 is 2.00 bits per heavy atom. The van der Waals surface area contributed by atoms with Gasteiger partial charge in [-0.25, -0.2) is 4.79 Å². The SMILES string of the molecule is COc1cc(C(=O)O)ccc1CCNC(=O)c1ccc(C)n1C. The van der Waals surface area contributed by atoms with Gasteiger partial charge in [0.1, 0.15) is 11.4 Å². The van der Waals surface area contributed by atoms with E-state index in [-0.39, 0.29) is 11.5 Å². The molecule has 0 fully saturated rings. The number of carboxylic acids is 1. The van der Waals surface area contributed by atoms with Crippen molar-refractivity contribution in [3.63, 3.8) is 0 Å². The molecule has 122 valence electrons. The zero-order valence-electron chi connectivity index (χ0n) is 13.4. The van der Waals surface area contributed by atoms with Crippen LogP contribution in [0.5, 0.6) is 5.75 Å². The van der Waals surface area contributed by atoms with Gasteiger partial charge in [-0.1, -0.05) is 6.07 Å². The third kappa shape index (κ3) is 3.71. The molecule has 2 rings (SSSR count). The molecular formula is C17H20N2O4. The first-order valence-corrected chi connectivity index (χ1v) is 7.24. The van der Waals surface area contributed by atoms with Crippen LogP contribution in [-0.4, -0.2) is 35.2 Å². The van der Waals surface area contributed by atoms with E-state index in [9.17, 15) is 9.59 Å². The number of carbonyl (C=O) groups is 2. The summed E-state index contributed by atoms with van der Waals surface area (Å²) in [6.45, 7) is 2.37. The number of benzene rings is 1. The summed E-state index contributed by atoms with van der Waals surface area (Å²) in [5, 5.41) is 11.8. The molecule has 0 saturated heterocycles. The lowest BCUT2D eigenvalue weighted by atomic mass is 10.1. The molecule has 0 spiro atoms. The van der Waals surface area contributed by atoms with Crippen molar-refractivity contribution in [2.75, 3.05) is 13.7 Å². The molecule has 0 aliphatic carbocycles. The summed E-state index contributed by atoms with van der Waals surface area (Å²) in [7, 11) is 3.34.